The molecule has 1 aromatic rings. The van der Waals surface area contributed by atoms with E-state index in [4.69, 9.17) is 0 Å². The van der Waals surface area contributed by atoms with Crippen LogP contribution in [0.5, 0.6) is 0 Å². The Morgan fingerprint density at radius 2 is 1.59 bits per heavy atom. The third-order valence-corrected chi connectivity index (χ3v) is 6.30. The van der Waals surface area contributed by atoms with Gasteiger partial charge in [0, 0.05) is 4.32 Å². The summed E-state index contributed by atoms with van der Waals surface area (Å²) in [6.45, 7) is 0. The molecule has 4 saturated carbocycles. The lowest BCUT2D eigenvalue weighted by molar-refractivity contribution is 0.0149. The van der Waals surface area contributed by atoms with Gasteiger partial charge in [-0.25, -0.2) is 0 Å². The van der Waals surface area contributed by atoms with Crippen molar-refractivity contribution in [3.8, 4) is 0 Å². The molecule has 0 aromatic heterocycles. The molecule has 4 aliphatic carbocycles. The van der Waals surface area contributed by atoms with Crippen LogP contribution >= 0.6 is 15.9 Å². The van der Waals surface area contributed by atoms with Crippen LogP contribution in [0.3, 0.4) is 0 Å². The van der Waals surface area contributed by atoms with Gasteiger partial charge in [0.1, 0.15) is 0 Å². The predicted molar refractivity (Wildman–Crippen MR) is 74.5 cm³/mol. The van der Waals surface area contributed by atoms with E-state index in [1.54, 1.807) is 5.56 Å². The lowest BCUT2D eigenvalue weighted by Crippen LogP contribution is -2.54. The zero-order chi connectivity index (χ0) is 11.5. The summed E-state index contributed by atoms with van der Waals surface area (Å²) in [5, 5.41) is 0. The molecule has 0 nitrogen and oxygen atoms in total. The second kappa shape index (κ2) is 3.38. The fourth-order valence-corrected chi connectivity index (χ4v) is 6.73. The number of hydrogen-bond donors (Lipinski definition) is 0. The lowest BCUT2D eigenvalue weighted by atomic mass is 9.48. The Hall–Kier alpha value is -0.300. The molecule has 1 aromatic carbocycles. The molecule has 17 heavy (non-hydrogen) atoms. The van der Waals surface area contributed by atoms with Gasteiger partial charge in [-0.3, -0.25) is 0 Å². The highest BCUT2D eigenvalue weighted by Gasteiger charge is 2.57. The zero-order valence-corrected chi connectivity index (χ0v) is 11.7. The maximum Gasteiger partial charge on any atom is 0.0271 e. The van der Waals surface area contributed by atoms with Crippen LogP contribution in [-0.4, -0.2) is 4.32 Å². The van der Waals surface area contributed by atoms with Crippen LogP contribution in [-0.2, 0) is 5.41 Å². The van der Waals surface area contributed by atoms with Gasteiger partial charge in [-0.05, 0) is 61.3 Å². The van der Waals surface area contributed by atoms with E-state index < -0.39 is 0 Å². The SMILES string of the molecule is BrC12C[C@H]3C[C@@H](C1)CC(c1ccccc1)(C3)C2. The number of hydrogen-bond acceptors (Lipinski definition) is 0. The largest absolute Gasteiger partial charge is 0.0853 e. The Bertz CT molecular complexity index is 422. The highest BCUT2D eigenvalue weighted by atomic mass is 79.9. The van der Waals surface area contributed by atoms with Crippen LogP contribution in [0.15, 0.2) is 30.3 Å². The third kappa shape index (κ3) is 1.54. The molecule has 1 heteroatoms. The minimum absolute atomic E-state index is 0.479. The van der Waals surface area contributed by atoms with Crippen molar-refractivity contribution in [2.75, 3.05) is 0 Å². The molecule has 0 saturated heterocycles. The summed E-state index contributed by atoms with van der Waals surface area (Å²) in [5.74, 6) is 1.96. The summed E-state index contributed by atoms with van der Waals surface area (Å²) in [6.07, 6.45) is 8.62. The molecule has 0 heterocycles. The average Bonchev–Trinajstić information content (AvgIpc) is 2.27. The van der Waals surface area contributed by atoms with Crippen LogP contribution < -0.4 is 0 Å². The van der Waals surface area contributed by atoms with Gasteiger partial charge in [-0.1, -0.05) is 46.3 Å². The van der Waals surface area contributed by atoms with Crippen molar-refractivity contribution in [3.63, 3.8) is 0 Å². The molecule has 0 amide bonds. The topological polar surface area (TPSA) is 0 Å². The van der Waals surface area contributed by atoms with E-state index >= 15 is 0 Å². The molecule has 4 bridgehead atoms. The molecule has 0 radical (unpaired) electrons. The Morgan fingerprint density at radius 3 is 2.18 bits per heavy atom. The minimum Gasteiger partial charge on any atom is -0.0853 e. The zero-order valence-electron chi connectivity index (χ0n) is 10.2. The smallest absolute Gasteiger partial charge is 0.0271 e. The van der Waals surface area contributed by atoms with E-state index in [0.29, 0.717) is 9.74 Å². The first kappa shape index (κ1) is 10.6. The molecule has 4 atom stereocenters. The van der Waals surface area contributed by atoms with Crippen molar-refractivity contribution >= 4 is 15.9 Å². The number of benzene rings is 1. The average molecular weight is 291 g/mol. The van der Waals surface area contributed by atoms with E-state index in [0.717, 1.165) is 11.8 Å². The van der Waals surface area contributed by atoms with Crippen molar-refractivity contribution in [2.45, 2.75) is 48.3 Å². The number of alkyl halides is 1. The van der Waals surface area contributed by atoms with Gasteiger partial charge in [0.15, 0.2) is 0 Å². The van der Waals surface area contributed by atoms with Gasteiger partial charge in [-0.2, -0.15) is 0 Å². The molecule has 4 aliphatic rings. The highest BCUT2D eigenvalue weighted by molar-refractivity contribution is 9.10. The highest BCUT2D eigenvalue weighted by Crippen LogP contribution is 2.64. The van der Waals surface area contributed by atoms with Crippen molar-refractivity contribution < 1.29 is 0 Å². The van der Waals surface area contributed by atoms with Crippen LogP contribution in [0.4, 0.5) is 0 Å². The molecular formula is C16H19Br. The van der Waals surface area contributed by atoms with Crippen molar-refractivity contribution in [2.24, 2.45) is 11.8 Å². The normalized spacial score (nSPS) is 47.4. The van der Waals surface area contributed by atoms with Gasteiger partial charge in [0.2, 0.25) is 0 Å². The molecule has 0 N–H and O–H groups in total. The Balaban J connectivity index is 1.79. The molecule has 90 valence electrons. The maximum absolute atomic E-state index is 4.09. The predicted octanol–water partition coefficient (Wildman–Crippen LogP) is 4.67. The van der Waals surface area contributed by atoms with Gasteiger partial charge >= 0.3 is 0 Å². The summed E-state index contributed by atoms with van der Waals surface area (Å²) in [6, 6.07) is 11.3. The van der Waals surface area contributed by atoms with Gasteiger partial charge in [0.25, 0.3) is 0 Å². The lowest BCUT2D eigenvalue weighted by Gasteiger charge is -2.60. The third-order valence-electron chi connectivity index (χ3n) is 5.38. The van der Waals surface area contributed by atoms with Crippen molar-refractivity contribution in [1.82, 2.24) is 0 Å². The van der Waals surface area contributed by atoms with Crippen LogP contribution in [0.1, 0.15) is 44.1 Å². The molecule has 0 aliphatic heterocycles. The maximum atomic E-state index is 4.09. The first-order chi connectivity index (χ1) is 8.18. The fourth-order valence-electron chi connectivity index (χ4n) is 5.28. The number of rotatable bonds is 1. The summed E-state index contributed by atoms with van der Waals surface area (Å²) in [5.41, 5.74) is 2.12. The molecule has 2 unspecified atom stereocenters. The van der Waals surface area contributed by atoms with Gasteiger partial charge in [-0.15, -0.1) is 0 Å². The Kier molecular flexibility index (Phi) is 2.11. The monoisotopic (exact) mass is 290 g/mol. The fraction of sp³-hybridized carbons (Fsp3) is 0.625. The summed E-state index contributed by atoms with van der Waals surface area (Å²) in [7, 11) is 0. The summed E-state index contributed by atoms with van der Waals surface area (Å²) < 4.78 is 0.479. The van der Waals surface area contributed by atoms with E-state index in [-0.39, 0.29) is 0 Å². The van der Waals surface area contributed by atoms with E-state index in [1.165, 1.54) is 38.5 Å². The number of halogens is 1. The molecule has 5 rings (SSSR count). The first-order valence-corrected chi connectivity index (χ1v) is 7.71. The van der Waals surface area contributed by atoms with Crippen LogP contribution in [0.25, 0.3) is 0 Å². The van der Waals surface area contributed by atoms with E-state index in [9.17, 15) is 0 Å². The quantitative estimate of drug-likeness (QED) is 0.659. The van der Waals surface area contributed by atoms with E-state index in [2.05, 4.69) is 46.3 Å². The second-order valence-electron chi connectivity index (χ2n) is 6.76. The Morgan fingerprint density at radius 1 is 0.941 bits per heavy atom. The van der Waals surface area contributed by atoms with Crippen LogP contribution in [0, 0.1) is 11.8 Å². The van der Waals surface area contributed by atoms with Gasteiger partial charge in [0.05, 0.1) is 0 Å². The van der Waals surface area contributed by atoms with E-state index in [1.807, 2.05) is 0 Å². The molecule has 4 fully saturated rings. The first-order valence-electron chi connectivity index (χ1n) is 6.92. The van der Waals surface area contributed by atoms with Crippen molar-refractivity contribution in [3.05, 3.63) is 35.9 Å². The minimum atomic E-state index is 0.479. The summed E-state index contributed by atoms with van der Waals surface area (Å²) >= 11 is 4.09. The van der Waals surface area contributed by atoms with Crippen LogP contribution in [0.2, 0.25) is 0 Å². The van der Waals surface area contributed by atoms with Gasteiger partial charge < -0.3 is 0 Å². The standard InChI is InChI=1S/C16H19Br/c17-16-9-12-6-13(10-16)8-15(7-12,11-16)14-4-2-1-3-5-14/h1-5,12-13H,6-11H2/t12-,13+,15?,16?. The second-order valence-corrected chi connectivity index (χ2v) is 8.44. The molecular weight excluding hydrogens is 272 g/mol. The summed E-state index contributed by atoms with van der Waals surface area (Å²) in [4.78, 5) is 0. The Labute approximate surface area is 112 Å². The molecule has 0 spiro atoms. The van der Waals surface area contributed by atoms with Crippen molar-refractivity contribution in [1.29, 1.82) is 0 Å².